The maximum absolute atomic E-state index is 4.97. The van der Waals surface area contributed by atoms with Gasteiger partial charge in [-0.3, -0.25) is 4.68 Å². The highest BCUT2D eigenvalue weighted by molar-refractivity contribution is 4.97. The third kappa shape index (κ3) is 1.78. The summed E-state index contributed by atoms with van der Waals surface area (Å²) < 4.78 is 11.6. The summed E-state index contributed by atoms with van der Waals surface area (Å²) in [5.41, 5.74) is 0.664. The standard InChI is InChI=1S/C7H11N2O2/c1-9-5-4-6(8-9)7(10-2)11-3/h5,7H,1-3H3. The number of rotatable bonds is 3. The van der Waals surface area contributed by atoms with Crippen LogP contribution >= 0.6 is 0 Å². The molecule has 1 aromatic heterocycles. The van der Waals surface area contributed by atoms with Crippen molar-refractivity contribution in [3.05, 3.63) is 18.0 Å². The Morgan fingerprint density at radius 2 is 2.18 bits per heavy atom. The Morgan fingerprint density at radius 1 is 1.55 bits per heavy atom. The molecule has 0 saturated heterocycles. The minimum Gasteiger partial charge on any atom is -0.350 e. The minimum atomic E-state index is -0.406. The van der Waals surface area contributed by atoms with Crippen LogP contribution in [0.5, 0.6) is 0 Å². The largest absolute Gasteiger partial charge is 0.350 e. The molecule has 0 saturated carbocycles. The first kappa shape index (κ1) is 8.23. The van der Waals surface area contributed by atoms with Crippen LogP contribution in [0.2, 0.25) is 0 Å². The quantitative estimate of drug-likeness (QED) is 0.597. The molecule has 61 valence electrons. The van der Waals surface area contributed by atoms with Crippen molar-refractivity contribution in [1.29, 1.82) is 0 Å². The lowest BCUT2D eigenvalue weighted by Gasteiger charge is -2.08. The van der Waals surface area contributed by atoms with Crippen molar-refractivity contribution < 1.29 is 9.47 Å². The van der Waals surface area contributed by atoms with Gasteiger partial charge >= 0.3 is 0 Å². The summed E-state index contributed by atoms with van der Waals surface area (Å²) in [6.07, 6.45) is 1.32. The van der Waals surface area contributed by atoms with Gasteiger partial charge in [0, 0.05) is 33.5 Å². The molecule has 0 unspecified atom stereocenters. The van der Waals surface area contributed by atoms with Crippen LogP contribution in [0.1, 0.15) is 12.0 Å². The van der Waals surface area contributed by atoms with Crippen LogP contribution in [0.4, 0.5) is 0 Å². The summed E-state index contributed by atoms with van der Waals surface area (Å²) in [6.45, 7) is 0. The Balaban J connectivity index is 2.73. The van der Waals surface area contributed by atoms with E-state index in [-0.39, 0.29) is 0 Å². The molecule has 0 aliphatic carbocycles. The van der Waals surface area contributed by atoms with Crippen molar-refractivity contribution in [3.8, 4) is 0 Å². The Labute approximate surface area is 65.7 Å². The van der Waals surface area contributed by atoms with Crippen LogP contribution in [0.25, 0.3) is 0 Å². The predicted molar refractivity (Wildman–Crippen MR) is 38.8 cm³/mol. The van der Waals surface area contributed by atoms with E-state index in [4.69, 9.17) is 9.47 Å². The molecule has 4 nitrogen and oxygen atoms in total. The minimum absolute atomic E-state index is 0.406. The number of aryl methyl sites for hydroxylation is 1. The first-order chi connectivity index (χ1) is 5.27. The van der Waals surface area contributed by atoms with E-state index in [1.165, 1.54) is 0 Å². The van der Waals surface area contributed by atoms with Crippen molar-refractivity contribution in [1.82, 2.24) is 9.78 Å². The first-order valence-electron chi connectivity index (χ1n) is 3.24. The van der Waals surface area contributed by atoms with Crippen molar-refractivity contribution in [2.45, 2.75) is 6.29 Å². The molecule has 0 atom stereocenters. The second-order valence-corrected chi connectivity index (χ2v) is 2.14. The fourth-order valence-electron chi connectivity index (χ4n) is 0.822. The molecule has 0 aliphatic rings. The monoisotopic (exact) mass is 155 g/mol. The van der Waals surface area contributed by atoms with Crippen molar-refractivity contribution in [2.24, 2.45) is 7.05 Å². The van der Waals surface area contributed by atoms with E-state index < -0.39 is 6.29 Å². The molecule has 0 aliphatic heterocycles. The van der Waals surface area contributed by atoms with Gasteiger partial charge in [-0.25, -0.2) is 0 Å². The maximum atomic E-state index is 4.97. The highest BCUT2D eigenvalue weighted by Crippen LogP contribution is 2.12. The zero-order valence-electron chi connectivity index (χ0n) is 6.87. The first-order valence-corrected chi connectivity index (χ1v) is 3.24. The second-order valence-electron chi connectivity index (χ2n) is 2.14. The molecule has 0 amide bonds. The van der Waals surface area contributed by atoms with Crippen LogP contribution in [0.3, 0.4) is 0 Å². The lowest BCUT2D eigenvalue weighted by Crippen LogP contribution is -2.05. The van der Waals surface area contributed by atoms with Crippen molar-refractivity contribution in [2.75, 3.05) is 14.2 Å². The van der Waals surface area contributed by atoms with Crippen molar-refractivity contribution >= 4 is 0 Å². The topological polar surface area (TPSA) is 36.3 Å². The predicted octanol–water partition coefficient (Wildman–Crippen LogP) is 0.512. The Kier molecular flexibility index (Phi) is 2.62. The molecule has 0 fully saturated rings. The Bertz CT molecular complexity index is 218. The summed E-state index contributed by atoms with van der Waals surface area (Å²) >= 11 is 0. The smallest absolute Gasteiger partial charge is 0.203 e. The molecular weight excluding hydrogens is 144 g/mol. The average molecular weight is 155 g/mol. The van der Waals surface area contributed by atoms with Gasteiger partial charge in [0.05, 0.1) is 0 Å². The van der Waals surface area contributed by atoms with Gasteiger partial charge < -0.3 is 9.47 Å². The van der Waals surface area contributed by atoms with Gasteiger partial charge in [0.2, 0.25) is 6.29 Å². The third-order valence-corrected chi connectivity index (χ3v) is 1.32. The second kappa shape index (κ2) is 3.50. The molecule has 0 spiro atoms. The highest BCUT2D eigenvalue weighted by Gasteiger charge is 2.11. The normalized spacial score (nSPS) is 10.9. The number of methoxy groups -OCH3 is 2. The van der Waals surface area contributed by atoms with Gasteiger partial charge in [0.15, 0.2) is 0 Å². The fourth-order valence-corrected chi connectivity index (χ4v) is 0.822. The number of hydrogen-bond donors (Lipinski definition) is 0. The van der Waals surface area contributed by atoms with Crippen LogP contribution in [-0.4, -0.2) is 24.0 Å². The van der Waals surface area contributed by atoms with E-state index in [9.17, 15) is 0 Å². The molecule has 0 aromatic carbocycles. The van der Waals surface area contributed by atoms with Gasteiger partial charge in [-0.2, -0.15) is 5.10 Å². The average Bonchev–Trinajstić information content (AvgIpc) is 2.39. The van der Waals surface area contributed by atoms with Gasteiger partial charge in [-0.05, 0) is 0 Å². The number of hydrogen-bond acceptors (Lipinski definition) is 3. The Hall–Kier alpha value is -0.870. The summed E-state index contributed by atoms with van der Waals surface area (Å²) in [4.78, 5) is 0. The molecule has 0 N–H and O–H groups in total. The summed E-state index contributed by atoms with van der Waals surface area (Å²) in [6, 6.07) is 2.91. The summed E-state index contributed by atoms with van der Waals surface area (Å²) in [5.74, 6) is 0. The van der Waals surface area contributed by atoms with Crippen molar-refractivity contribution in [3.63, 3.8) is 0 Å². The lowest BCUT2D eigenvalue weighted by atomic mass is 10.4. The number of nitrogens with zero attached hydrogens (tertiary/aromatic N) is 2. The maximum Gasteiger partial charge on any atom is 0.203 e. The zero-order chi connectivity index (χ0) is 8.27. The lowest BCUT2D eigenvalue weighted by molar-refractivity contribution is -0.109. The van der Waals surface area contributed by atoms with E-state index in [0.717, 1.165) is 0 Å². The summed E-state index contributed by atoms with van der Waals surface area (Å²) in [7, 11) is 4.95. The SMILES string of the molecule is COC(OC)c1[c]cn(C)n1. The van der Waals surface area contributed by atoms with Crippen LogP contribution in [0.15, 0.2) is 6.20 Å². The van der Waals surface area contributed by atoms with Crippen LogP contribution in [-0.2, 0) is 16.5 Å². The van der Waals surface area contributed by atoms with Gasteiger partial charge in [-0.15, -0.1) is 0 Å². The highest BCUT2D eigenvalue weighted by atomic mass is 16.7. The molecule has 4 heteroatoms. The molecule has 1 radical (unpaired) electrons. The zero-order valence-corrected chi connectivity index (χ0v) is 6.87. The van der Waals surface area contributed by atoms with Crippen LogP contribution < -0.4 is 0 Å². The van der Waals surface area contributed by atoms with Crippen LogP contribution in [0, 0.1) is 6.07 Å². The molecule has 11 heavy (non-hydrogen) atoms. The summed E-state index contributed by atoms with van der Waals surface area (Å²) in [5, 5.41) is 4.06. The third-order valence-electron chi connectivity index (χ3n) is 1.32. The van der Waals surface area contributed by atoms with E-state index in [1.54, 1.807) is 25.1 Å². The van der Waals surface area contributed by atoms with E-state index in [1.807, 2.05) is 7.05 Å². The van der Waals surface area contributed by atoms with E-state index in [2.05, 4.69) is 11.2 Å². The van der Waals surface area contributed by atoms with E-state index in [0.29, 0.717) is 5.69 Å². The molecule has 0 bridgehead atoms. The molecule has 1 rings (SSSR count). The Morgan fingerprint density at radius 3 is 2.55 bits per heavy atom. The fraction of sp³-hybridized carbons (Fsp3) is 0.571. The molecular formula is C7H11N2O2. The number of aromatic nitrogens is 2. The van der Waals surface area contributed by atoms with Gasteiger partial charge in [0.25, 0.3) is 0 Å². The van der Waals surface area contributed by atoms with E-state index >= 15 is 0 Å². The molecule has 1 aromatic rings. The number of ether oxygens (including phenoxy) is 2. The van der Waals surface area contributed by atoms with Gasteiger partial charge in [-0.1, -0.05) is 0 Å². The molecule has 1 heterocycles. The van der Waals surface area contributed by atoms with Gasteiger partial charge in [0.1, 0.15) is 5.69 Å².